The Kier molecular flexibility index (Phi) is 5.19. The van der Waals surface area contributed by atoms with Gasteiger partial charge < -0.3 is 10.2 Å². The monoisotopic (exact) mass is 442 g/mol. The van der Waals surface area contributed by atoms with E-state index in [1.807, 2.05) is 0 Å². The van der Waals surface area contributed by atoms with Crippen LogP contribution in [0.1, 0.15) is 106 Å². The first kappa shape index (κ1) is 23.4. The second-order valence-corrected chi connectivity index (χ2v) is 14.6. The molecule has 0 aromatic rings. The predicted molar refractivity (Wildman–Crippen MR) is 132 cm³/mol. The van der Waals surface area contributed by atoms with Gasteiger partial charge in [0.05, 0.1) is 6.10 Å². The average molecular weight is 443 g/mol. The lowest BCUT2D eigenvalue weighted by atomic mass is 9.32. The molecule has 2 N–H and O–H groups in total. The molecule has 0 saturated heterocycles. The summed E-state index contributed by atoms with van der Waals surface area (Å²) in [5, 5.41) is 21.5. The minimum atomic E-state index is -0.147. The first-order valence-corrected chi connectivity index (χ1v) is 13.8. The Morgan fingerprint density at radius 1 is 0.812 bits per heavy atom. The molecule has 2 unspecified atom stereocenters. The van der Waals surface area contributed by atoms with Crippen molar-refractivity contribution in [3.05, 3.63) is 12.2 Å². The second kappa shape index (κ2) is 7.09. The van der Waals surface area contributed by atoms with Gasteiger partial charge >= 0.3 is 0 Å². The van der Waals surface area contributed by atoms with E-state index in [1.54, 1.807) is 0 Å². The lowest BCUT2D eigenvalue weighted by Crippen LogP contribution is -2.66. The lowest BCUT2D eigenvalue weighted by molar-refractivity contribution is -0.249. The third-order valence-electron chi connectivity index (χ3n) is 13.5. The number of aliphatic hydroxyl groups excluding tert-OH is 2. The molecule has 0 amide bonds. The van der Waals surface area contributed by atoms with Crippen LogP contribution in [0.2, 0.25) is 0 Å². The van der Waals surface area contributed by atoms with Crippen LogP contribution in [0.3, 0.4) is 0 Å². The molecule has 5 rings (SSSR count). The summed E-state index contributed by atoms with van der Waals surface area (Å²) >= 11 is 0. The fourth-order valence-electron chi connectivity index (χ4n) is 11.5. The number of allylic oxidation sites excluding steroid dienone is 1. The van der Waals surface area contributed by atoms with Crippen molar-refractivity contribution in [2.24, 2.45) is 56.7 Å². The smallest absolute Gasteiger partial charge is 0.0594 e. The molecule has 0 aromatic heterocycles. The summed E-state index contributed by atoms with van der Waals surface area (Å²) in [6.07, 6.45) is 12.2. The maximum atomic E-state index is 10.9. The summed E-state index contributed by atoms with van der Waals surface area (Å²) in [6, 6.07) is 0. The zero-order valence-electron chi connectivity index (χ0n) is 21.8. The molecule has 182 valence electrons. The normalized spacial score (nSPS) is 56.5. The number of hydrogen-bond donors (Lipinski definition) is 2. The molecule has 10 atom stereocenters. The third-order valence-corrected chi connectivity index (χ3v) is 13.5. The van der Waals surface area contributed by atoms with Gasteiger partial charge in [0.25, 0.3) is 0 Å². The quantitative estimate of drug-likeness (QED) is 0.452. The summed E-state index contributed by atoms with van der Waals surface area (Å²) in [5.74, 6) is 3.33. The lowest BCUT2D eigenvalue weighted by Gasteiger charge is -2.73. The highest BCUT2D eigenvalue weighted by molar-refractivity contribution is 5.21. The largest absolute Gasteiger partial charge is 0.396 e. The van der Waals surface area contributed by atoms with Crippen molar-refractivity contribution in [3.8, 4) is 0 Å². The number of aliphatic hydroxyl groups is 2. The first-order chi connectivity index (χ1) is 14.9. The molecular formula is C30H50O2. The minimum Gasteiger partial charge on any atom is -0.396 e. The van der Waals surface area contributed by atoms with E-state index < -0.39 is 0 Å². The van der Waals surface area contributed by atoms with Gasteiger partial charge in [0.15, 0.2) is 0 Å². The first-order valence-electron chi connectivity index (χ1n) is 13.8. The molecule has 5 aliphatic rings. The maximum Gasteiger partial charge on any atom is 0.0594 e. The van der Waals surface area contributed by atoms with Crippen molar-refractivity contribution < 1.29 is 10.2 Å². The Morgan fingerprint density at radius 2 is 1.53 bits per heavy atom. The van der Waals surface area contributed by atoms with Crippen molar-refractivity contribution in [2.45, 2.75) is 112 Å². The maximum absolute atomic E-state index is 10.9. The second-order valence-electron chi connectivity index (χ2n) is 14.6. The van der Waals surface area contributed by atoms with Crippen molar-refractivity contribution in [1.82, 2.24) is 0 Å². The Balaban J connectivity index is 1.55. The van der Waals surface area contributed by atoms with E-state index in [9.17, 15) is 10.2 Å². The third kappa shape index (κ3) is 2.66. The van der Waals surface area contributed by atoms with Crippen LogP contribution in [0.25, 0.3) is 0 Å². The summed E-state index contributed by atoms with van der Waals surface area (Å²) in [4.78, 5) is 0. The molecule has 0 aromatic carbocycles. The van der Waals surface area contributed by atoms with Crippen LogP contribution in [0.15, 0.2) is 12.2 Å². The Morgan fingerprint density at radius 3 is 2.19 bits per heavy atom. The Hall–Kier alpha value is -0.340. The van der Waals surface area contributed by atoms with Gasteiger partial charge in [0.2, 0.25) is 0 Å². The van der Waals surface area contributed by atoms with Crippen LogP contribution in [-0.2, 0) is 0 Å². The molecule has 0 aliphatic heterocycles. The highest BCUT2D eigenvalue weighted by atomic mass is 16.3. The molecule has 32 heavy (non-hydrogen) atoms. The van der Waals surface area contributed by atoms with Crippen LogP contribution in [0, 0.1) is 56.7 Å². The number of hydrogen-bond acceptors (Lipinski definition) is 2. The van der Waals surface area contributed by atoms with Crippen molar-refractivity contribution in [1.29, 1.82) is 0 Å². The van der Waals surface area contributed by atoms with Gasteiger partial charge in [-0.05, 0) is 128 Å². The van der Waals surface area contributed by atoms with Crippen LogP contribution in [0.4, 0.5) is 0 Å². The Bertz CT molecular complexity index is 786. The molecule has 0 heterocycles. The standard InChI is InChI=1S/C30H50O2/c1-19(2)20-10-15-30(18-31)17-16-28(6)21(25(20)30)8-9-23-27(5)13-12-24(32)26(3,4)22(27)11-14-29(23,28)7/h20-25,31-32H,1,8-18H2,2-7H3/t20-,21+,22-,23?,24-,25?,27-,28+,29+,30+/m0/s1. The molecule has 2 nitrogen and oxygen atoms in total. The number of rotatable bonds is 2. The van der Waals surface area contributed by atoms with Crippen molar-refractivity contribution >= 4 is 0 Å². The highest BCUT2D eigenvalue weighted by Gasteiger charge is 2.70. The van der Waals surface area contributed by atoms with E-state index in [1.165, 1.54) is 63.4 Å². The highest BCUT2D eigenvalue weighted by Crippen LogP contribution is 2.77. The molecule has 5 saturated carbocycles. The van der Waals surface area contributed by atoms with E-state index in [0.717, 1.165) is 18.3 Å². The van der Waals surface area contributed by atoms with Gasteiger partial charge in [-0.3, -0.25) is 0 Å². The molecule has 5 aliphatic carbocycles. The van der Waals surface area contributed by atoms with Crippen LogP contribution in [-0.4, -0.2) is 22.9 Å². The van der Waals surface area contributed by atoms with Crippen molar-refractivity contribution in [2.75, 3.05) is 6.61 Å². The molecule has 0 bridgehead atoms. The predicted octanol–water partition coefficient (Wildman–Crippen LogP) is 7.00. The van der Waals surface area contributed by atoms with Gasteiger partial charge in [0.1, 0.15) is 0 Å². The summed E-state index contributed by atoms with van der Waals surface area (Å²) in [5.41, 5.74) is 2.60. The van der Waals surface area contributed by atoms with Gasteiger partial charge in [-0.15, -0.1) is 0 Å². The zero-order chi connectivity index (χ0) is 23.3. The molecule has 0 spiro atoms. The van der Waals surface area contributed by atoms with Crippen molar-refractivity contribution in [3.63, 3.8) is 0 Å². The fraction of sp³-hybridized carbons (Fsp3) is 0.933. The molecular weight excluding hydrogens is 392 g/mol. The van der Waals surface area contributed by atoms with Gasteiger partial charge in [0, 0.05) is 6.61 Å². The van der Waals surface area contributed by atoms with Crippen LogP contribution in [0.5, 0.6) is 0 Å². The molecule has 0 radical (unpaired) electrons. The van der Waals surface area contributed by atoms with Gasteiger partial charge in [-0.1, -0.05) is 46.8 Å². The van der Waals surface area contributed by atoms with E-state index >= 15 is 0 Å². The van der Waals surface area contributed by atoms with Crippen LogP contribution < -0.4 is 0 Å². The SMILES string of the molecule is C=C(C)[C@@H]1CC[C@]2(CO)CC[C@]3(C)[C@H](CCC4[C@@]5(C)CC[C@H](O)C(C)(C)[C@@H]5CC[C@]43C)C12. The van der Waals surface area contributed by atoms with Gasteiger partial charge in [-0.25, -0.2) is 0 Å². The zero-order valence-corrected chi connectivity index (χ0v) is 21.8. The van der Waals surface area contributed by atoms with E-state index in [0.29, 0.717) is 40.6 Å². The minimum absolute atomic E-state index is 0.0290. The summed E-state index contributed by atoms with van der Waals surface area (Å²) in [7, 11) is 0. The van der Waals surface area contributed by atoms with Crippen LogP contribution >= 0.6 is 0 Å². The topological polar surface area (TPSA) is 40.5 Å². The molecule has 2 heteroatoms. The van der Waals surface area contributed by atoms with E-state index in [4.69, 9.17) is 0 Å². The summed E-state index contributed by atoms with van der Waals surface area (Å²) < 4.78 is 0. The van der Waals surface area contributed by atoms with E-state index in [-0.39, 0.29) is 16.9 Å². The average Bonchev–Trinajstić information content (AvgIpc) is 3.12. The summed E-state index contributed by atoms with van der Waals surface area (Å²) in [6.45, 7) is 19.7. The number of fused-ring (bicyclic) bond motifs is 7. The van der Waals surface area contributed by atoms with Gasteiger partial charge in [-0.2, -0.15) is 0 Å². The van der Waals surface area contributed by atoms with E-state index in [2.05, 4.69) is 48.1 Å². The Labute approximate surface area is 197 Å². The molecule has 5 fully saturated rings. The fourth-order valence-corrected chi connectivity index (χ4v) is 11.5.